The Bertz CT molecular complexity index is 262. The first kappa shape index (κ1) is 10.2. The fourth-order valence-corrected chi connectivity index (χ4v) is 0.962. The van der Waals surface area contributed by atoms with Crippen LogP contribution in [0.15, 0.2) is 4.52 Å². The maximum Gasteiger partial charge on any atom is 0.223 e. The Morgan fingerprint density at radius 3 is 2.54 bits per heavy atom. The van der Waals surface area contributed by atoms with Gasteiger partial charge in [-0.05, 0) is 5.41 Å². The molecule has 0 aromatic carbocycles. The van der Waals surface area contributed by atoms with Gasteiger partial charge in [0, 0.05) is 13.5 Å². The van der Waals surface area contributed by atoms with Crippen molar-refractivity contribution in [1.82, 2.24) is 15.5 Å². The third-order valence-corrected chi connectivity index (χ3v) is 1.51. The minimum absolute atomic E-state index is 0.290. The molecular weight excluding hydrogens is 166 g/mol. The standard InChI is InChI=1S/C9H17N3O/c1-7-11-8(12-13-7)5-10-6-9(2,3)4/h10H,5-6H2,1-4H3. The van der Waals surface area contributed by atoms with E-state index in [0.717, 1.165) is 12.4 Å². The van der Waals surface area contributed by atoms with Crippen LogP contribution in [0.2, 0.25) is 0 Å². The number of nitrogens with one attached hydrogen (secondary N) is 1. The van der Waals surface area contributed by atoms with Crippen LogP contribution in [0.5, 0.6) is 0 Å². The van der Waals surface area contributed by atoms with Crippen LogP contribution in [-0.2, 0) is 6.54 Å². The van der Waals surface area contributed by atoms with E-state index in [1.54, 1.807) is 6.92 Å². The molecule has 0 aliphatic rings. The largest absolute Gasteiger partial charge is 0.340 e. The van der Waals surface area contributed by atoms with Gasteiger partial charge in [0.2, 0.25) is 5.89 Å². The van der Waals surface area contributed by atoms with E-state index >= 15 is 0 Å². The van der Waals surface area contributed by atoms with Crippen molar-refractivity contribution in [2.75, 3.05) is 6.54 Å². The highest BCUT2D eigenvalue weighted by molar-refractivity contribution is 4.83. The van der Waals surface area contributed by atoms with Crippen LogP contribution in [-0.4, -0.2) is 16.7 Å². The molecule has 4 heteroatoms. The average molecular weight is 183 g/mol. The van der Waals surface area contributed by atoms with Crippen molar-refractivity contribution >= 4 is 0 Å². The van der Waals surface area contributed by atoms with E-state index in [1.165, 1.54) is 0 Å². The summed E-state index contributed by atoms with van der Waals surface area (Å²) in [7, 11) is 0. The van der Waals surface area contributed by atoms with Crippen LogP contribution < -0.4 is 5.32 Å². The van der Waals surface area contributed by atoms with E-state index in [9.17, 15) is 0 Å². The summed E-state index contributed by atoms with van der Waals surface area (Å²) >= 11 is 0. The van der Waals surface area contributed by atoms with Crippen molar-refractivity contribution in [3.8, 4) is 0 Å². The zero-order valence-corrected chi connectivity index (χ0v) is 8.72. The number of rotatable bonds is 3. The molecule has 0 atom stereocenters. The SMILES string of the molecule is Cc1nc(CNCC(C)(C)C)no1. The van der Waals surface area contributed by atoms with Gasteiger partial charge in [0.1, 0.15) is 0 Å². The van der Waals surface area contributed by atoms with Gasteiger partial charge in [0.05, 0.1) is 6.54 Å². The molecule has 1 aromatic rings. The zero-order valence-electron chi connectivity index (χ0n) is 8.72. The predicted molar refractivity (Wildman–Crippen MR) is 50.2 cm³/mol. The van der Waals surface area contributed by atoms with E-state index in [4.69, 9.17) is 4.52 Å². The Morgan fingerprint density at radius 1 is 1.38 bits per heavy atom. The van der Waals surface area contributed by atoms with E-state index in [-0.39, 0.29) is 0 Å². The smallest absolute Gasteiger partial charge is 0.223 e. The lowest BCUT2D eigenvalue weighted by Crippen LogP contribution is -2.26. The van der Waals surface area contributed by atoms with Gasteiger partial charge in [-0.3, -0.25) is 0 Å². The maximum atomic E-state index is 4.85. The fraction of sp³-hybridized carbons (Fsp3) is 0.778. The fourth-order valence-electron chi connectivity index (χ4n) is 0.962. The lowest BCUT2D eigenvalue weighted by Gasteiger charge is -2.17. The number of nitrogens with zero attached hydrogens (tertiary/aromatic N) is 2. The average Bonchev–Trinajstić information content (AvgIpc) is 2.33. The third-order valence-electron chi connectivity index (χ3n) is 1.51. The van der Waals surface area contributed by atoms with Crippen LogP contribution in [0.25, 0.3) is 0 Å². The highest BCUT2D eigenvalue weighted by atomic mass is 16.5. The molecule has 0 radical (unpaired) electrons. The summed E-state index contributed by atoms with van der Waals surface area (Å²) in [6.45, 7) is 9.96. The van der Waals surface area contributed by atoms with Crippen LogP contribution in [0.4, 0.5) is 0 Å². The first-order chi connectivity index (χ1) is 5.97. The highest BCUT2D eigenvalue weighted by Gasteiger charge is 2.09. The van der Waals surface area contributed by atoms with Gasteiger partial charge in [-0.25, -0.2) is 0 Å². The van der Waals surface area contributed by atoms with E-state index in [1.807, 2.05) is 0 Å². The Hall–Kier alpha value is -0.900. The molecule has 0 saturated heterocycles. The van der Waals surface area contributed by atoms with Crippen molar-refractivity contribution in [2.24, 2.45) is 5.41 Å². The molecule has 1 N–H and O–H groups in total. The molecule has 1 rings (SSSR count). The second-order valence-electron chi connectivity index (χ2n) is 4.39. The molecule has 0 aliphatic carbocycles. The maximum absolute atomic E-state index is 4.85. The molecule has 0 fully saturated rings. The van der Waals surface area contributed by atoms with Crippen LogP contribution in [0.3, 0.4) is 0 Å². The Morgan fingerprint density at radius 2 is 2.08 bits per heavy atom. The van der Waals surface area contributed by atoms with Gasteiger partial charge in [0.15, 0.2) is 5.82 Å². The molecule has 13 heavy (non-hydrogen) atoms. The molecule has 0 saturated carbocycles. The summed E-state index contributed by atoms with van der Waals surface area (Å²) in [6.07, 6.45) is 0. The van der Waals surface area contributed by atoms with E-state index < -0.39 is 0 Å². The number of hydrogen-bond acceptors (Lipinski definition) is 4. The molecular formula is C9H17N3O. The van der Waals surface area contributed by atoms with Crippen LogP contribution >= 0.6 is 0 Å². The normalized spacial score (nSPS) is 12.0. The third kappa shape index (κ3) is 4.03. The quantitative estimate of drug-likeness (QED) is 0.771. The molecule has 0 bridgehead atoms. The summed E-state index contributed by atoms with van der Waals surface area (Å²) in [4.78, 5) is 4.09. The molecule has 1 aromatic heterocycles. The van der Waals surface area contributed by atoms with Crippen molar-refractivity contribution in [1.29, 1.82) is 0 Å². The van der Waals surface area contributed by atoms with Crippen molar-refractivity contribution in [2.45, 2.75) is 34.2 Å². The molecule has 0 amide bonds. The predicted octanol–water partition coefficient (Wildman–Crippen LogP) is 1.51. The number of hydrogen-bond donors (Lipinski definition) is 1. The monoisotopic (exact) mass is 183 g/mol. The lowest BCUT2D eigenvalue weighted by molar-refractivity contribution is 0.365. The first-order valence-electron chi connectivity index (χ1n) is 4.47. The zero-order chi connectivity index (χ0) is 9.90. The summed E-state index contributed by atoms with van der Waals surface area (Å²) < 4.78 is 4.85. The second kappa shape index (κ2) is 3.87. The minimum atomic E-state index is 0.290. The van der Waals surface area contributed by atoms with Crippen molar-refractivity contribution < 1.29 is 4.52 Å². The topological polar surface area (TPSA) is 51.0 Å². The van der Waals surface area contributed by atoms with Gasteiger partial charge in [-0.1, -0.05) is 25.9 Å². The number of aromatic nitrogens is 2. The molecule has 0 unspecified atom stereocenters. The molecule has 0 aliphatic heterocycles. The van der Waals surface area contributed by atoms with Gasteiger partial charge >= 0.3 is 0 Å². The summed E-state index contributed by atoms with van der Waals surface area (Å²) in [5, 5.41) is 7.06. The van der Waals surface area contributed by atoms with Gasteiger partial charge in [-0.2, -0.15) is 4.98 Å². The van der Waals surface area contributed by atoms with Crippen LogP contribution in [0.1, 0.15) is 32.5 Å². The first-order valence-corrected chi connectivity index (χ1v) is 4.47. The minimum Gasteiger partial charge on any atom is -0.340 e. The molecule has 4 nitrogen and oxygen atoms in total. The second-order valence-corrected chi connectivity index (χ2v) is 4.39. The molecule has 0 spiro atoms. The van der Waals surface area contributed by atoms with E-state index in [2.05, 4.69) is 36.2 Å². The Kier molecular flexibility index (Phi) is 3.03. The van der Waals surface area contributed by atoms with Crippen molar-refractivity contribution in [3.05, 3.63) is 11.7 Å². The highest BCUT2D eigenvalue weighted by Crippen LogP contribution is 2.10. The van der Waals surface area contributed by atoms with Crippen LogP contribution in [0, 0.1) is 12.3 Å². The summed E-state index contributed by atoms with van der Waals surface area (Å²) in [6, 6.07) is 0. The Balaban J connectivity index is 2.28. The van der Waals surface area contributed by atoms with Gasteiger partial charge in [-0.15, -0.1) is 0 Å². The van der Waals surface area contributed by atoms with Gasteiger partial charge in [0.25, 0.3) is 0 Å². The molecule has 74 valence electrons. The lowest BCUT2D eigenvalue weighted by atomic mass is 9.97. The summed E-state index contributed by atoms with van der Waals surface area (Å²) in [5.74, 6) is 1.34. The Labute approximate surface area is 78.7 Å². The molecule has 1 heterocycles. The summed E-state index contributed by atoms with van der Waals surface area (Å²) in [5.41, 5.74) is 0.290. The number of aryl methyl sites for hydroxylation is 1. The van der Waals surface area contributed by atoms with Crippen molar-refractivity contribution in [3.63, 3.8) is 0 Å². The van der Waals surface area contributed by atoms with E-state index in [0.29, 0.717) is 17.9 Å². The van der Waals surface area contributed by atoms with Gasteiger partial charge < -0.3 is 9.84 Å².